The van der Waals surface area contributed by atoms with E-state index in [2.05, 4.69) is 9.98 Å². The van der Waals surface area contributed by atoms with Crippen LogP contribution < -0.4 is 78.4 Å². The molecule has 0 spiro atoms. The first kappa shape index (κ1) is 25.3. The molecule has 0 saturated heterocycles. The van der Waals surface area contributed by atoms with Crippen molar-refractivity contribution in [2.75, 3.05) is 8.61 Å². The molecule has 5 rings (SSSR count). The van der Waals surface area contributed by atoms with Crippen molar-refractivity contribution in [2.24, 2.45) is 9.98 Å². The summed E-state index contributed by atoms with van der Waals surface area (Å²) in [5.41, 5.74) is 0.347. The van der Waals surface area contributed by atoms with Crippen LogP contribution >= 0.6 is 0 Å². The third-order valence-electron chi connectivity index (χ3n) is 4.64. The maximum atomic E-state index is 12.0. The van der Waals surface area contributed by atoms with Crippen LogP contribution in [-0.4, -0.2) is 25.9 Å². The van der Waals surface area contributed by atoms with Gasteiger partial charge in [0.15, 0.2) is 20.6 Å². The predicted molar refractivity (Wildman–Crippen MR) is 105 cm³/mol. The van der Waals surface area contributed by atoms with Crippen molar-refractivity contribution in [3.8, 4) is 0 Å². The van der Waals surface area contributed by atoms with Gasteiger partial charge in [-0.15, -0.1) is 0 Å². The Labute approximate surface area is 227 Å². The second-order valence-corrected chi connectivity index (χ2v) is 8.92. The largest absolute Gasteiger partial charge is 1.00 e. The van der Waals surface area contributed by atoms with Crippen molar-refractivity contribution in [2.45, 2.75) is 0 Å². The van der Waals surface area contributed by atoms with Crippen LogP contribution in [0.3, 0.4) is 0 Å². The molecule has 10 nitrogen and oxygen atoms in total. The van der Waals surface area contributed by atoms with Crippen LogP contribution in [0.25, 0.3) is 0 Å². The molecule has 152 valence electrons. The number of rotatable bonds is 2. The van der Waals surface area contributed by atoms with E-state index in [-0.39, 0.29) is 104 Å². The summed E-state index contributed by atoms with van der Waals surface area (Å²) in [6.07, 6.45) is 0. The molecule has 0 fully saturated rings. The minimum absolute atomic E-state index is 0. The summed E-state index contributed by atoms with van der Waals surface area (Å²) >= 11 is 0. The Hall–Kier alpha value is -1.32. The zero-order valence-electron chi connectivity index (χ0n) is 16.8. The van der Waals surface area contributed by atoms with Crippen molar-refractivity contribution in [3.63, 3.8) is 0 Å². The molecule has 2 aliphatic rings. The summed E-state index contributed by atoms with van der Waals surface area (Å²) in [4.78, 5) is 8.69. The Bertz CT molecular complexity index is 1460. The Morgan fingerprint density at radius 1 is 0.594 bits per heavy atom. The number of nitrogens with zero attached hydrogens (tertiary/aromatic N) is 4. The van der Waals surface area contributed by atoms with Gasteiger partial charge in [0.05, 0.1) is 44.8 Å². The molecule has 0 amide bonds. The minimum atomic E-state index is -4.99. The van der Waals surface area contributed by atoms with Crippen LogP contribution in [-0.2, 0) is 20.6 Å². The molecule has 2 heterocycles. The van der Waals surface area contributed by atoms with E-state index >= 15 is 0 Å². The SMILES string of the molecule is O=S(=O)([O-])N1c2ccccc2N=c2cc3c(cc21)=Nc1ccccc1N3S(=O)(=O)[O-].[Na+].[Na+]. The van der Waals surface area contributed by atoms with Crippen molar-refractivity contribution >= 4 is 54.7 Å². The fraction of sp³-hybridized carbons (Fsp3) is 0. The third kappa shape index (κ3) is 4.16. The second kappa shape index (κ2) is 8.80. The van der Waals surface area contributed by atoms with E-state index in [9.17, 15) is 25.9 Å². The van der Waals surface area contributed by atoms with Crippen LogP contribution in [0.1, 0.15) is 0 Å². The van der Waals surface area contributed by atoms with Gasteiger partial charge in [-0.25, -0.2) is 35.4 Å². The Kier molecular flexibility index (Phi) is 6.96. The van der Waals surface area contributed by atoms with Gasteiger partial charge in [0.1, 0.15) is 0 Å². The molecule has 0 radical (unpaired) electrons. The molecule has 0 unspecified atom stereocenters. The van der Waals surface area contributed by atoms with Gasteiger partial charge in [-0.2, -0.15) is 0 Å². The molecule has 14 heteroatoms. The van der Waals surface area contributed by atoms with Crippen LogP contribution in [0.4, 0.5) is 34.1 Å². The van der Waals surface area contributed by atoms with Crippen LogP contribution in [0, 0.1) is 0 Å². The molecule has 2 aliphatic heterocycles. The minimum Gasteiger partial charge on any atom is -0.731 e. The Morgan fingerprint density at radius 2 is 0.938 bits per heavy atom. The predicted octanol–water partition coefficient (Wildman–Crippen LogP) is -4.58. The van der Waals surface area contributed by atoms with Crippen molar-refractivity contribution in [1.82, 2.24) is 0 Å². The number of hydrogen-bond acceptors (Lipinski definition) is 8. The number of fused-ring (bicyclic) bond motifs is 4. The molecule has 0 bridgehead atoms. The normalized spacial score (nSPS) is 13.7. The van der Waals surface area contributed by atoms with Gasteiger partial charge in [-0.1, -0.05) is 24.3 Å². The van der Waals surface area contributed by atoms with E-state index in [1.807, 2.05) is 0 Å². The molecule has 3 aromatic rings. The molecule has 0 aliphatic carbocycles. The molecule has 0 N–H and O–H groups in total. The molecule has 0 saturated carbocycles. The van der Waals surface area contributed by atoms with Crippen molar-refractivity contribution in [3.05, 3.63) is 71.4 Å². The summed E-state index contributed by atoms with van der Waals surface area (Å²) in [6.45, 7) is 0. The Balaban J connectivity index is 0.00000144. The average Bonchev–Trinajstić information content (AvgIpc) is 2.66. The van der Waals surface area contributed by atoms with Gasteiger partial charge in [-0.05, 0) is 36.4 Å². The Morgan fingerprint density at radius 3 is 1.28 bits per heavy atom. The maximum Gasteiger partial charge on any atom is 1.00 e. The molecule has 3 aromatic carbocycles. The van der Waals surface area contributed by atoms with Gasteiger partial charge in [0.2, 0.25) is 0 Å². The summed E-state index contributed by atoms with van der Waals surface area (Å²) in [6, 6.07) is 14.7. The van der Waals surface area contributed by atoms with Gasteiger partial charge in [0.25, 0.3) is 0 Å². The summed E-state index contributed by atoms with van der Waals surface area (Å²) in [7, 11) is -9.99. The third-order valence-corrected chi connectivity index (χ3v) is 6.32. The second-order valence-electron chi connectivity index (χ2n) is 6.47. The molecular formula is C18H10N4Na2O6S2. The number of anilines is 4. The summed E-state index contributed by atoms with van der Waals surface area (Å²) in [5, 5.41) is 0.0187. The van der Waals surface area contributed by atoms with E-state index in [0.717, 1.165) is 0 Å². The summed E-state index contributed by atoms with van der Waals surface area (Å²) < 4.78 is 73.4. The topological polar surface area (TPSA) is 146 Å². The summed E-state index contributed by atoms with van der Waals surface area (Å²) in [5.74, 6) is 0. The molecular weight excluding hydrogens is 478 g/mol. The van der Waals surface area contributed by atoms with E-state index in [1.54, 1.807) is 24.3 Å². The van der Waals surface area contributed by atoms with Crippen LogP contribution in [0.15, 0.2) is 70.6 Å². The zero-order valence-corrected chi connectivity index (χ0v) is 22.5. The van der Waals surface area contributed by atoms with E-state index in [4.69, 9.17) is 0 Å². The number of hydrogen-bond donors (Lipinski definition) is 0. The van der Waals surface area contributed by atoms with E-state index in [1.165, 1.54) is 36.4 Å². The first-order valence-corrected chi connectivity index (χ1v) is 11.2. The standard InChI is InChI=1S/C18H12N4O6S2.2Na/c23-29(24,25)21-15-7-3-1-5-11(15)19-13-9-18-14(10-17(13)21)20-12-6-2-4-8-16(12)22(18)30(26,27)28;;/h1-10H,(H,23,24,25)(H,26,27,28);;/q;2*+1/p-2. The fourth-order valence-corrected chi connectivity index (χ4v) is 5.09. The quantitative estimate of drug-likeness (QED) is 0.262. The van der Waals surface area contributed by atoms with E-state index in [0.29, 0.717) is 8.61 Å². The van der Waals surface area contributed by atoms with Gasteiger partial charge in [0, 0.05) is 0 Å². The smallest absolute Gasteiger partial charge is 0.731 e. The number of benzene rings is 3. The van der Waals surface area contributed by atoms with Gasteiger partial charge in [-0.3, -0.25) is 0 Å². The fourth-order valence-electron chi connectivity index (χ4n) is 3.52. The first-order valence-electron chi connectivity index (χ1n) is 8.46. The van der Waals surface area contributed by atoms with Gasteiger partial charge < -0.3 is 9.11 Å². The molecule has 32 heavy (non-hydrogen) atoms. The van der Waals surface area contributed by atoms with Crippen molar-refractivity contribution < 1.29 is 85.1 Å². The monoisotopic (exact) mass is 488 g/mol. The average molecular weight is 488 g/mol. The molecule has 0 atom stereocenters. The van der Waals surface area contributed by atoms with Crippen molar-refractivity contribution in [1.29, 1.82) is 0 Å². The first-order chi connectivity index (χ1) is 14.1. The van der Waals surface area contributed by atoms with Crippen LogP contribution in [0.5, 0.6) is 0 Å². The number of para-hydroxylation sites is 4. The van der Waals surface area contributed by atoms with E-state index < -0.39 is 20.6 Å². The molecule has 0 aromatic heterocycles. The maximum absolute atomic E-state index is 12.0. The van der Waals surface area contributed by atoms with Gasteiger partial charge >= 0.3 is 59.1 Å². The zero-order chi connectivity index (χ0) is 21.3. The van der Waals surface area contributed by atoms with Crippen LogP contribution in [0.2, 0.25) is 0 Å².